The molecule has 4 saturated carbocycles. The Kier molecular flexibility index (Phi) is 10.8. The van der Waals surface area contributed by atoms with E-state index in [1.807, 2.05) is 0 Å². The molecule has 0 aromatic rings. The van der Waals surface area contributed by atoms with E-state index >= 15 is 0 Å². The fourth-order valence-corrected chi connectivity index (χ4v) is 13.7. The third-order valence-electron chi connectivity index (χ3n) is 17.3. The van der Waals surface area contributed by atoms with Crippen LogP contribution in [0.5, 0.6) is 0 Å². The molecule has 8 N–H and O–H groups in total. The standard InChI is InChI=1S/C42H68O13/c1-37(2)14-16-42(36(50)51)17-15-40(6)21(22(42)18-37)8-9-26-39(5)12-11-27(38(3,4)25(39)10-13-41(26,40)7)54-35-32(49)33(29(46)24(20-44)53-35)55-34-31(48)30(47)28(45)23(19-43)52-34/h8,22-35,43-49H,9-20H2,1-7H3,(H,50,51). The van der Waals surface area contributed by atoms with Crippen LogP contribution in [0.25, 0.3) is 0 Å². The predicted octanol–water partition coefficient (Wildman–Crippen LogP) is 2.88. The largest absolute Gasteiger partial charge is 0.481 e. The number of hydrogen-bond acceptors (Lipinski definition) is 12. The Balaban J connectivity index is 1.12. The Morgan fingerprint density at radius 3 is 1.98 bits per heavy atom. The van der Waals surface area contributed by atoms with Crippen LogP contribution in [-0.2, 0) is 23.7 Å². The summed E-state index contributed by atoms with van der Waals surface area (Å²) in [5.41, 5.74) is 0.283. The van der Waals surface area contributed by atoms with E-state index in [0.29, 0.717) is 12.3 Å². The molecular weight excluding hydrogens is 712 g/mol. The number of carbonyl (C=O) groups is 1. The molecule has 0 radical (unpaired) electrons. The molecule has 18 unspecified atom stereocenters. The number of aliphatic hydroxyl groups excluding tert-OH is 7. The summed E-state index contributed by atoms with van der Waals surface area (Å²) < 4.78 is 24.0. The van der Waals surface area contributed by atoms with E-state index in [1.165, 1.54) is 5.57 Å². The minimum Gasteiger partial charge on any atom is -0.481 e. The fourth-order valence-electron chi connectivity index (χ4n) is 13.7. The fraction of sp³-hybridized carbons (Fsp3) is 0.929. The van der Waals surface area contributed by atoms with Crippen molar-refractivity contribution in [3.63, 3.8) is 0 Å². The van der Waals surface area contributed by atoms with Crippen LogP contribution in [0.1, 0.15) is 113 Å². The Morgan fingerprint density at radius 2 is 1.35 bits per heavy atom. The molecule has 2 heterocycles. The second-order valence-corrected chi connectivity index (χ2v) is 20.7. The minimum absolute atomic E-state index is 0.0134. The van der Waals surface area contributed by atoms with Gasteiger partial charge in [-0.2, -0.15) is 0 Å². The average Bonchev–Trinajstić information content (AvgIpc) is 3.12. The number of fused-ring (bicyclic) bond motifs is 7. The molecule has 13 heteroatoms. The molecule has 55 heavy (non-hydrogen) atoms. The van der Waals surface area contributed by atoms with Crippen molar-refractivity contribution in [2.75, 3.05) is 13.2 Å². The van der Waals surface area contributed by atoms with Gasteiger partial charge in [0.1, 0.15) is 48.8 Å². The topological polar surface area (TPSA) is 216 Å². The summed E-state index contributed by atoms with van der Waals surface area (Å²) in [6.07, 6.45) is -4.35. The van der Waals surface area contributed by atoms with Crippen LogP contribution in [0.2, 0.25) is 0 Å². The third kappa shape index (κ3) is 6.23. The van der Waals surface area contributed by atoms with Crippen molar-refractivity contribution in [3.8, 4) is 0 Å². The first-order chi connectivity index (χ1) is 25.6. The summed E-state index contributed by atoms with van der Waals surface area (Å²) in [7, 11) is 0. The Morgan fingerprint density at radius 1 is 0.727 bits per heavy atom. The van der Waals surface area contributed by atoms with Gasteiger partial charge in [-0.3, -0.25) is 4.79 Å². The molecule has 13 nitrogen and oxygen atoms in total. The van der Waals surface area contributed by atoms with Crippen LogP contribution in [0.4, 0.5) is 0 Å². The van der Waals surface area contributed by atoms with Gasteiger partial charge in [0.2, 0.25) is 0 Å². The highest BCUT2D eigenvalue weighted by Crippen LogP contribution is 2.76. The summed E-state index contributed by atoms with van der Waals surface area (Å²) in [6, 6.07) is 0. The summed E-state index contributed by atoms with van der Waals surface area (Å²) in [6.45, 7) is 15.1. The average molecular weight is 781 g/mol. The number of carboxylic acid groups (broad SMARTS) is 1. The van der Waals surface area contributed by atoms with Gasteiger partial charge in [-0.1, -0.05) is 60.1 Å². The molecule has 7 aliphatic rings. The lowest BCUT2D eigenvalue weighted by molar-refractivity contribution is -0.369. The van der Waals surface area contributed by atoms with Crippen molar-refractivity contribution in [2.45, 2.75) is 180 Å². The lowest BCUT2D eigenvalue weighted by atomic mass is 9.33. The van der Waals surface area contributed by atoms with E-state index in [-0.39, 0.29) is 45.0 Å². The number of carboxylic acids is 1. The van der Waals surface area contributed by atoms with Gasteiger partial charge in [-0.15, -0.1) is 0 Å². The number of rotatable bonds is 7. The number of aliphatic hydroxyl groups is 7. The normalized spacial score (nSPS) is 53.2. The van der Waals surface area contributed by atoms with E-state index in [9.17, 15) is 45.6 Å². The zero-order valence-corrected chi connectivity index (χ0v) is 33.8. The van der Waals surface area contributed by atoms with E-state index in [0.717, 1.165) is 57.8 Å². The van der Waals surface area contributed by atoms with Crippen molar-refractivity contribution in [3.05, 3.63) is 11.6 Å². The quantitative estimate of drug-likeness (QED) is 0.138. The monoisotopic (exact) mass is 780 g/mol. The van der Waals surface area contributed by atoms with Gasteiger partial charge in [-0.05, 0) is 109 Å². The first kappa shape index (κ1) is 41.9. The number of hydrogen-bond donors (Lipinski definition) is 8. The predicted molar refractivity (Wildman–Crippen MR) is 198 cm³/mol. The summed E-state index contributed by atoms with van der Waals surface area (Å²) >= 11 is 0. The molecule has 0 bridgehead atoms. The van der Waals surface area contributed by atoms with Crippen LogP contribution in [0.3, 0.4) is 0 Å². The maximum Gasteiger partial charge on any atom is 0.310 e. The number of allylic oxidation sites excluding steroid dienone is 2. The summed E-state index contributed by atoms with van der Waals surface area (Å²) in [4.78, 5) is 13.0. The molecule has 0 aromatic carbocycles. The first-order valence-corrected chi connectivity index (χ1v) is 20.8. The van der Waals surface area contributed by atoms with Crippen LogP contribution in [0.15, 0.2) is 11.6 Å². The van der Waals surface area contributed by atoms with Gasteiger partial charge in [0, 0.05) is 0 Å². The Bertz CT molecular complexity index is 1480. The van der Waals surface area contributed by atoms with Gasteiger partial charge in [-0.25, -0.2) is 0 Å². The lowest BCUT2D eigenvalue weighted by Crippen LogP contribution is -2.67. The van der Waals surface area contributed by atoms with E-state index in [1.54, 1.807) is 0 Å². The molecule has 314 valence electrons. The maximum absolute atomic E-state index is 13.0. The molecule has 0 amide bonds. The van der Waals surface area contributed by atoms with Gasteiger partial charge in [0.25, 0.3) is 0 Å². The zero-order valence-electron chi connectivity index (χ0n) is 33.8. The Hall–Kier alpha value is -1.23. The maximum atomic E-state index is 13.0. The number of aliphatic carboxylic acids is 1. The zero-order chi connectivity index (χ0) is 40.3. The third-order valence-corrected chi connectivity index (χ3v) is 17.3. The molecule has 18 atom stereocenters. The highest BCUT2D eigenvalue weighted by atomic mass is 16.7. The van der Waals surface area contributed by atoms with E-state index in [2.05, 4.69) is 54.5 Å². The van der Waals surface area contributed by atoms with Gasteiger partial charge in [0.15, 0.2) is 12.6 Å². The number of ether oxygens (including phenoxy) is 4. The molecule has 0 aromatic heterocycles. The molecule has 0 spiro atoms. The van der Waals surface area contributed by atoms with Crippen molar-refractivity contribution in [2.24, 2.45) is 50.2 Å². The van der Waals surface area contributed by atoms with Crippen molar-refractivity contribution >= 4 is 5.97 Å². The SMILES string of the molecule is CC1(C)CCC2(C(=O)O)CCC3(C)C(=CCC4C5(C)CCC(OC6OC(CO)C(O)C(OC7OC(CO)C(O)C(O)C7O)C6O)C(C)(C)C5CCC43C)C2C1. The van der Waals surface area contributed by atoms with Crippen molar-refractivity contribution in [1.82, 2.24) is 0 Å². The van der Waals surface area contributed by atoms with Crippen LogP contribution < -0.4 is 0 Å². The summed E-state index contributed by atoms with van der Waals surface area (Å²) in [5, 5.41) is 84.4. The molecule has 2 aliphatic heterocycles. The molecular formula is C42H68O13. The summed E-state index contributed by atoms with van der Waals surface area (Å²) in [5.74, 6) is 0.0564. The van der Waals surface area contributed by atoms with E-state index in [4.69, 9.17) is 18.9 Å². The first-order valence-electron chi connectivity index (χ1n) is 20.8. The van der Waals surface area contributed by atoms with Crippen LogP contribution in [0, 0.1) is 50.2 Å². The minimum atomic E-state index is -1.75. The highest BCUT2D eigenvalue weighted by Gasteiger charge is 2.69. The van der Waals surface area contributed by atoms with Crippen molar-refractivity contribution < 1.29 is 64.6 Å². The lowest BCUT2D eigenvalue weighted by Gasteiger charge is -2.71. The Labute approximate surface area is 325 Å². The molecule has 7 rings (SSSR count). The van der Waals surface area contributed by atoms with Crippen molar-refractivity contribution in [1.29, 1.82) is 0 Å². The molecule has 6 fully saturated rings. The van der Waals surface area contributed by atoms with Crippen LogP contribution >= 0.6 is 0 Å². The second-order valence-electron chi connectivity index (χ2n) is 20.7. The molecule has 5 aliphatic carbocycles. The molecule has 2 saturated heterocycles. The van der Waals surface area contributed by atoms with Gasteiger partial charge in [0.05, 0.1) is 24.7 Å². The van der Waals surface area contributed by atoms with Crippen LogP contribution in [-0.4, -0.2) is 128 Å². The van der Waals surface area contributed by atoms with Gasteiger partial charge >= 0.3 is 5.97 Å². The van der Waals surface area contributed by atoms with Gasteiger partial charge < -0.3 is 59.8 Å². The van der Waals surface area contributed by atoms with E-state index < -0.39 is 86.0 Å². The second kappa shape index (κ2) is 14.2. The smallest absolute Gasteiger partial charge is 0.310 e. The highest BCUT2D eigenvalue weighted by molar-refractivity contribution is 5.76.